The van der Waals surface area contributed by atoms with Crippen molar-refractivity contribution in [2.24, 2.45) is 11.3 Å². The molecule has 1 unspecified atom stereocenters. The van der Waals surface area contributed by atoms with Gasteiger partial charge in [0.25, 0.3) is 0 Å². The van der Waals surface area contributed by atoms with Crippen molar-refractivity contribution < 1.29 is 9.59 Å². The standard InChI is InChI=1S/C27H41N3O2/c1-27(15-6-9-18-30(26(27)32)21-12-23-10-4-2-5-11-23)24-13-19-28(20-14-24)22-25(31)29-16-7-3-8-17-29/h2,4-5,10-11,24H,3,6-9,12-22H2,1H3. The van der Waals surface area contributed by atoms with Crippen LogP contribution in [-0.2, 0) is 16.0 Å². The zero-order valence-corrected chi connectivity index (χ0v) is 19.9. The number of hydrogen-bond acceptors (Lipinski definition) is 3. The molecule has 0 aliphatic carbocycles. The molecular formula is C27H41N3O2. The van der Waals surface area contributed by atoms with E-state index < -0.39 is 0 Å². The smallest absolute Gasteiger partial charge is 0.236 e. The number of likely N-dealkylation sites (tertiary alicyclic amines) is 3. The summed E-state index contributed by atoms with van der Waals surface area (Å²) in [6.45, 7) is 8.25. The average molecular weight is 440 g/mol. The van der Waals surface area contributed by atoms with Crippen LogP contribution < -0.4 is 0 Å². The Hall–Kier alpha value is -1.88. The third-order valence-electron chi connectivity index (χ3n) is 8.22. The van der Waals surface area contributed by atoms with Crippen LogP contribution in [0.15, 0.2) is 30.3 Å². The van der Waals surface area contributed by atoms with Crippen LogP contribution in [0.3, 0.4) is 0 Å². The first kappa shape index (κ1) is 23.3. The van der Waals surface area contributed by atoms with Crippen molar-refractivity contribution in [1.82, 2.24) is 14.7 Å². The lowest BCUT2D eigenvalue weighted by Gasteiger charge is -2.43. The Labute approximate surface area is 194 Å². The zero-order valence-electron chi connectivity index (χ0n) is 19.9. The van der Waals surface area contributed by atoms with E-state index in [0.717, 1.165) is 90.6 Å². The highest BCUT2D eigenvalue weighted by Gasteiger charge is 2.45. The minimum atomic E-state index is -0.254. The van der Waals surface area contributed by atoms with E-state index in [1.165, 1.54) is 12.0 Å². The molecule has 0 spiro atoms. The van der Waals surface area contributed by atoms with Gasteiger partial charge in [-0.1, -0.05) is 43.7 Å². The van der Waals surface area contributed by atoms with Gasteiger partial charge in [0.1, 0.15) is 0 Å². The van der Waals surface area contributed by atoms with Crippen molar-refractivity contribution in [1.29, 1.82) is 0 Å². The topological polar surface area (TPSA) is 43.9 Å². The molecule has 0 saturated carbocycles. The molecule has 0 N–H and O–H groups in total. The van der Waals surface area contributed by atoms with Crippen LogP contribution in [0.5, 0.6) is 0 Å². The van der Waals surface area contributed by atoms with Gasteiger partial charge in [-0.15, -0.1) is 0 Å². The van der Waals surface area contributed by atoms with Crippen LogP contribution in [0.2, 0.25) is 0 Å². The maximum Gasteiger partial charge on any atom is 0.236 e. The SMILES string of the molecule is CC1(C2CCN(CC(=O)N3CCCCC3)CC2)CCCCN(CCc2ccccc2)C1=O. The van der Waals surface area contributed by atoms with Gasteiger partial charge in [-0.2, -0.15) is 0 Å². The van der Waals surface area contributed by atoms with Crippen molar-refractivity contribution in [3.8, 4) is 0 Å². The maximum atomic E-state index is 13.7. The van der Waals surface area contributed by atoms with Crippen molar-refractivity contribution in [3.63, 3.8) is 0 Å². The highest BCUT2D eigenvalue weighted by Crippen LogP contribution is 2.42. The van der Waals surface area contributed by atoms with Gasteiger partial charge in [0, 0.05) is 31.6 Å². The Morgan fingerprint density at radius 1 is 0.938 bits per heavy atom. The monoisotopic (exact) mass is 439 g/mol. The molecule has 3 aliphatic rings. The number of rotatable bonds is 6. The summed E-state index contributed by atoms with van der Waals surface area (Å²) in [6.07, 6.45) is 9.79. The summed E-state index contributed by atoms with van der Waals surface area (Å²) in [5.74, 6) is 1.09. The third kappa shape index (κ3) is 5.54. The number of nitrogens with zero attached hydrogens (tertiary/aromatic N) is 3. The molecule has 176 valence electrons. The van der Waals surface area contributed by atoms with Gasteiger partial charge in [-0.3, -0.25) is 14.5 Å². The van der Waals surface area contributed by atoms with Gasteiger partial charge < -0.3 is 9.80 Å². The Balaban J connectivity index is 1.31. The number of amides is 2. The molecule has 4 rings (SSSR count). The number of carbonyl (C=O) groups excluding carboxylic acids is 2. The first-order valence-electron chi connectivity index (χ1n) is 12.9. The normalized spacial score (nSPS) is 26.2. The van der Waals surface area contributed by atoms with Gasteiger partial charge in [-0.25, -0.2) is 0 Å². The van der Waals surface area contributed by atoms with Crippen LogP contribution in [0.25, 0.3) is 0 Å². The lowest BCUT2D eigenvalue weighted by molar-refractivity contribution is -0.145. The van der Waals surface area contributed by atoms with Crippen molar-refractivity contribution in [2.75, 3.05) is 45.8 Å². The molecule has 0 radical (unpaired) electrons. The second-order valence-electron chi connectivity index (χ2n) is 10.4. The number of hydrogen-bond donors (Lipinski definition) is 0. The molecule has 0 aromatic heterocycles. The zero-order chi connectivity index (χ0) is 22.4. The molecule has 5 heteroatoms. The van der Waals surface area contributed by atoms with E-state index in [4.69, 9.17) is 0 Å². The molecule has 3 fully saturated rings. The van der Waals surface area contributed by atoms with E-state index in [1.54, 1.807) is 0 Å². The first-order valence-corrected chi connectivity index (χ1v) is 12.9. The molecule has 2 amide bonds. The second-order valence-corrected chi connectivity index (χ2v) is 10.4. The van der Waals surface area contributed by atoms with Gasteiger partial charge in [-0.05, 0) is 75.9 Å². The van der Waals surface area contributed by atoms with E-state index in [-0.39, 0.29) is 5.41 Å². The summed E-state index contributed by atoms with van der Waals surface area (Å²) in [5, 5.41) is 0. The van der Waals surface area contributed by atoms with Crippen LogP contribution in [0.4, 0.5) is 0 Å². The Bertz CT molecular complexity index is 753. The van der Waals surface area contributed by atoms with Crippen LogP contribution >= 0.6 is 0 Å². The minimum absolute atomic E-state index is 0.254. The summed E-state index contributed by atoms with van der Waals surface area (Å²) >= 11 is 0. The lowest BCUT2D eigenvalue weighted by Crippen LogP contribution is -2.50. The second kappa shape index (κ2) is 10.8. The molecule has 0 bridgehead atoms. The van der Waals surface area contributed by atoms with E-state index in [1.807, 2.05) is 6.07 Å². The van der Waals surface area contributed by atoms with E-state index >= 15 is 0 Å². The summed E-state index contributed by atoms with van der Waals surface area (Å²) in [6, 6.07) is 10.5. The van der Waals surface area contributed by atoms with Gasteiger partial charge in [0.05, 0.1) is 6.54 Å². The molecule has 3 saturated heterocycles. The average Bonchev–Trinajstić information content (AvgIpc) is 2.98. The van der Waals surface area contributed by atoms with Crippen LogP contribution in [0, 0.1) is 11.3 Å². The Kier molecular flexibility index (Phi) is 7.88. The number of carbonyl (C=O) groups is 2. The molecule has 1 atom stereocenters. The lowest BCUT2D eigenvalue weighted by atomic mass is 9.69. The predicted molar refractivity (Wildman–Crippen MR) is 128 cm³/mol. The summed E-state index contributed by atoms with van der Waals surface area (Å²) in [7, 11) is 0. The van der Waals surface area contributed by atoms with E-state index in [2.05, 4.69) is 45.9 Å². The van der Waals surface area contributed by atoms with E-state index in [0.29, 0.717) is 24.3 Å². The van der Waals surface area contributed by atoms with Crippen molar-refractivity contribution in [3.05, 3.63) is 35.9 Å². The predicted octanol–water partition coefficient (Wildman–Crippen LogP) is 3.97. The van der Waals surface area contributed by atoms with Crippen molar-refractivity contribution >= 4 is 11.8 Å². The molecule has 1 aromatic carbocycles. The fraction of sp³-hybridized carbons (Fsp3) is 0.704. The Morgan fingerprint density at radius 2 is 1.62 bits per heavy atom. The van der Waals surface area contributed by atoms with E-state index in [9.17, 15) is 9.59 Å². The fourth-order valence-corrected chi connectivity index (χ4v) is 6.03. The van der Waals surface area contributed by atoms with Gasteiger partial charge in [0.15, 0.2) is 0 Å². The molecule has 3 aliphatic heterocycles. The summed E-state index contributed by atoms with van der Waals surface area (Å²) in [4.78, 5) is 32.9. The first-order chi connectivity index (χ1) is 15.6. The summed E-state index contributed by atoms with van der Waals surface area (Å²) in [5.41, 5.74) is 1.05. The third-order valence-corrected chi connectivity index (χ3v) is 8.22. The highest BCUT2D eigenvalue weighted by atomic mass is 16.2. The number of piperidine rings is 2. The quantitative estimate of drug-likeness (QED) is 0.674. The summed E-state index contributed by atoms with van der Waals surface area (Å²) < 4.78 is 0. The molecule has 32 heavy (non-hydrogen) atoms. The van der Waals surface area contributed by atoms with Gasteiger partial charge in [0.2, 0.25) is 11.8 Å². The maximum absolute atomic E-state index is 13.7. The number of benzene rings is 1. The molecule has 1 aromatic rings. The molecule has 5 nitrogen and oxygen atoms in total. The minimum Gasteiger partial charge on any atom is -0.342 e. The van der Waals surface area contributed by atoms with Crippen molar-refractivity contribution in [2.45, 2.75) is 64.7 Å². The van der Waals surface area contributed by atoms with Gasteiger partial charge >= 0.3 is 0 Å². The molecular weight excluding hydrogens is 398 g/mol. The largest absolute Gasteiger partial charge is 0.342 e. The highest BCUT2D eigenvalue weighted by molar-refractivity contribution is 5.83. The molecule has 3 heterocycles. The van der Waals surface area contributed by atoms with Crippen LogP contribution in [0.1, 0.15) is 63.9 Å². The Morgan fingerprint density at radius 3 is 2.34 bits per heavy atom. The fourth-order valence-electron chi connectivity index (χ4n) is 6.03. The van der Waals surface area contributed by atoms with Crippen LogP contribution in [-0.4, -0.2) is 72.3 Å².